The van der Waals surface area contributed by atoms with Crippen LogP contribution in [0, 0.1) is 0 Å². The number of nitrogens with zero attached hydrogens (tertiary/aromatic N) is 2. The van der Waals surface area contributed by atoms with Gasteiger partial charge in [0, 0.05) is 31.5 Å². The van der Waals surface area contributed by atoms with Crippen molar-refractivity contribution < 1.29 is 19.1 Å². The maximum atomic E-state index is 12.7. The molecule has 3 aromatic rings. The molecule has 8 nitrogen and oxygen atoms in total. The van der Waals surface area contributed by atoms with Crippen molar-refractivity contribution >= 4 is 17.5 Å². The Morgan fingerprint density at radius 1 is 1.23 bits per heavy atom. The number of aryl methyl sites for hydroxylation is 2. The molecule has 2 amide bonds. The van der Waals surface area contributed by atoms with Crippen molar-refractivity contribution in [3.63, 3.8) is 0 Å². The number of benzene rings is 2. The quantitative estimate of drug-likeness (QED) is 0.613. The molecule has 2 aromatic carbocycles. The average Bonchev–Trinajstić information content (AvgIpc) is 3.21. The predicted octanol–water partition coefficient (Wildman–Crippen LogP) is 2.60. The summed E-state index contributed by atoms with van der Waals surface area (Å²) in [5.74, 6) is 1.72. The molecule has 0 unspecified atom stereocenters. The topological polar surface area (TPSA) is 94.5 Å². The Morgan fingerprint density at radius 3 is 2.87 bits per heavy atom. The zero-order valence-corrected chi connectivity index (χ0v) is 17.4. The van der Waals surface area contributed by atoms with Gasteiger partial charge in [0.1, 0.15) is 23.4 Å². The molecule has 160 valence electrons. The van der Waals surface area contributed by atoms with Crippen LogP contribution in [0.2, 0.25) is 0 Å². The zero-order valence-electron chi connectivity index (χ0n) is 17.4. The van der Waals surface area contributed by atoms with Gasteiger partial charge in [0.2, 0.25) is 5.91 Å². The minimum absolute atomic E-state index is 0.0124. The number of methoxy groups -OCH3 is 1. The summed E-state index contributed by atoms with van der Waals surface area (Å²) in [5, 5.41) is 5.84. The summed E-state index contributed by atoms with van der Waals surface area (Å²) in [6.07, 6.45) is 4.62. The van der Waals surface area contributed by atoms with E-state index in [1.807, 2.05) is 48.1 Å². The van der Waals surface area contributed by atoms with Gasteiger partial charge < -0.3 is 24.7 Å². The van der Waals surface area contributed by atoms with Gasteiger partial charge in [-0.25, -0.2) is 4.98 Å². The Bertz CT molecular complexity index is 1110. The summed E-state index contributed by atoms with van der Waals surface area (Å²) in [6, 6.07) is 12.5. The van der Waals surface area contributed by atoms with Gasteiger partial charge in [0.25, 0.3) is 5.91 Å². The monoisotopic (exact) mass is 420 g/mol. The number of anilines is 1. The molecule has 0 saturated carbocycles. The number of nitrogens with one attached hydrogen (secondary N) is 2. The highest BCUT2D eigenvalue weighted by atomic mass is 16.5. The molecular formula is C23H24N4O4. The molecule has 4 rings (SSSR count). The molecule has 1 atom stereocenters. The van der Waals surface area contributed by atoms with Crippen molar-refractivity contribution in [1.82, 2.24) is 14.9 Å². The lowest BCUT2D eigenvalue weighted by Gasteiger charge is -2.20. The summed E-state index contributed by atoms with van der Waals surface area (Å²) in [5.41, 5.74) is 2.65. The summed E-state index contributed by atoms with van der Waals surface area (Å²) < 4.78 is 12.9. The van der Waals surface area contributed by atoms with Crippen molar-refractivity contribution in [2.75, 3.05) is 19.0 Å². The van der Waals surface area contributed by atoms with Gasteiger partial charge in [-0.1, -0.05) is 12.1 Å². The second-order valence-corrected chi connectivity index (χ2v) is 7.33. The smallest absolute Gasteiger partial charge is 0.258 e. The number of amides is 2. The van der Waals surface area contributed by atoms with Gasteiger partial charge in [-0.3, -0.25) is 9.59 Å². The lowest BCUT2D eigenvalue weighted by molar-refractivity contribution is -0.123. The molecule has 0 aliphatic carbocycles. The summed E-state index contributed by atoms with van der Waals surface area (Å²) in [4.78, 5) is 28.6. The number of carbonyl (C=O) groups is 2. The maximum absolute atomic E-state index is 12.7. The highest BCUT2D eigenvalue weighted by molar-refractivity contribution is 5.94. The van der Waals surface area contributed by atoms with Crippen LogP contribution in [0.5, 0.6) is 11.5 Å². The Kier molecular flexibility index (Phi) is 5.88. The second kappa shape index (κ2) is 8.91. The fourth-order valence-electron chi connectivity index (χ4n) is 3.57. The molecule has 1 aliphatic heterocycles. The third kappa shape index (κ3) is 4.69. The van der Waals surface area contributed by atoms with Crippen LogP contribution in [-0.4, -0.2) is 35.1 Å². The average molecular weight is 420 g/mol. The zero-order chi connectivity index (χ0) is 21.8. The Balaban J connectivity index is 1.47. The summed E-state index contributed by atoms with van der Waals surface area (Å²) >= 11 is 0. The van der Waals surface area contributed by atoms with Crippen molar-refractivity contribution in [3.8, 4) is 11.5 Å². The van der Waals surface area contributed by atoms with E-state index in [-0.39, 0.29) is 18.4 Å². The van der Waals surface area contributed by atoms with Gasteiger partial charge in [0.15, 0.2) is 6.61 Å². The first-order valence-electron chi connectivity index (χ1n) is 9.99. The lowest BCUT2D eigenvalue weighted by atomic mass is 10.0. The number of carbonyl (C=O) groups excluding carboxylic acids is 2. The van der Waals surface area contributed by atoms with E-state index < -0.39 is 6.04 Å². The predicted molar refractivity (Wildman–Crippen MR) is 115 cm³/mol. The molecule has 1 aliphatic rings. The highest BCUT2D eigenvalue weighted by Crippen LogP contribution is 2.27. The fraction of sp³-hybridized carbons (Fsp3) is 0.261. The molecule has 1 aromatic heterocycles. The first-order valence-corrected chi connectivity index (χ1v) is 9.99. The standard InChI is InChI=1S/C23H24N4O4/c1-27-11-10-24-23(27)22(16-4-3-5-17(13-16)30-2)26-21(29)14-31-18-7-8-19-15(12-18)6-9-20(28)25-19/h3-5,7-8,10-13,22H,6,9,14H2,1-2H3,(H,25,28)(H,26,29)/t22-/m0/s1. The van der Waals surface area contributed by atoms with E-state index in [0.29, 0.717) is 30.2 Å². The number of rotatable bonds is 7. The Labute approximate surface area is 180 Å². The van der Waals surface area contributed by atoms with Crippen LogP contribution < -0.4 is 20.1 Å². The van der Waals surface area contributed by atoms with Gasteiger partial charge in [-0.05, 0) is 47.9 Å². The minimum atomic E-state index is -0.454. The van der Waals surface area contributed by atoms with E-state index in [1.54, 1.807) is 25.4 Å². The molecule has 0 bridgehead atoms. The van der Waals surface area contributed by atoms with Crippen LogP contribution in [0.15, 0.2) is 54.9 Å². The Morgan fingerprint density at radius 2 is 2.10 bits per heavy atom. The van der Waals surface area contributed by atoms with Crippen LogP contribution in [0.25, 0.3) is 0 Å². The SMILES string of the molecule is COc1cccc([C@H](NC(=O)COc2ccc3c(c2)CCC(=O)N3)c2nccn2C)c1. The maximum Gasteiger partial charge on any atom is 0.258 e. The molecule has 8 heteroatoms. The van der Waals surface area contributed by atoms with Crippen molar-refractivity contribution in [3.05, 3.63) is 71.8 Å². The molecule has 0 saturated heterocycles. The molecule has 0 fully saturated rings. The van der Waals surface area contributed by atoms with E-state index >= 15 is 0 Å². The fourth-order valence-corrected chi connectivity index (χ4v) is 3.57. The molecular weight excluding hydrogens is 396 g/mol. The number of hydrogen-bond acceptors (Lipinski definition) is 5. The van der Waals surface area contributed by atoms with Gasteiger partial charge in [-0.15, -0.1) is 0 Å². The lowest BCUT2D eigenvalue weighted by Crippen LogP contribution is -2.34. The molecule has 2 heterocycles. The van der Waals surface area contributed by atoms with Gasteiger partial charge >= 0.3 is 0 Å². The van der Waals surface area contributed by atoms with Crippen LogP contribution >= 0.6 is 0 Å². The third-order valence-corrected chi connectivity index (χ3v) is 5.19. The first-order chi connectivity index (χ1) is 15.0. The molecule has 31 heavy (non-hydrogen) atoms. The van der Waals surface area contributed by atoms with Crippen LogP contribution in [-0.2, 0) is 23.1 Å². The molecule has 2 N–H and O–H groups in total. The van der Waals surface area contributed by atoms with Crippen LogP contribution in [0.3, 0.4) is 0 Å². The molecule has 0 spiro atoms. The number of aromatic nitrogens is 2. The van der Waals surface area contributed by atoms with E-state index in [1.165, 1.54) is 0 Å². The third-order valence-electron chi connectivity index (χ3n) is 5.19. The number of imidazole rings is 1. The number of fused-ring (bicyclic) bond motifs is 1. The van der Waals surface area contributed by atoms with Crippen molar-refractivity contribution in [2.24, 2.45) is 7.05 Å². The van der Waals surface area contributed by atoms with Crippen molar-refractivity contribution in [1.29, 1.82) is 0 Å². The van der Waals surface area contributed by atoms with Crippen molar-refractivity contribution in [2.45, 2.75) is 18.9 Å². The normalized spacial score (nSPS) is 13.7. The number of ether oxygens (including phenoxy) is 2. The van der Waals surface area contributed by atoms with Crippen LogP contribution in [0.4, 0.5) is 5.69 Å². The van der Waals surface area contributed by atoms with E-state index in [9.17, 15) is 9.59 Å². The first kappa shape index (κ1) is 20.5. The second-order valence-electron chi connectivity index (χ2n) is 7.33. The molecule has 0 radical (unpaired) electrons. The number of hydrogen-bond donors (Lipinski definition) is 2. The highest BCUT2D eigenvalue weighted by Gasteiger charge is 2.22. The van der Waals surface area contributed by atoms with Gasteiger partial charge in [-0.2, -0.15) is 0 Å². The van der Waals surface area contributed by atoms with E-state index in [4.69, 9.17) is 9.47 Å². The summed E-state index contributed by atoms with van der Waals surface area (Å²) in [6.45, 7) is -0.143. The largest absolute Gasteiger partial charge is 0.497 e. The van der Waals surface area contributed by atoms with E-state index in [2.05, 4.69) is 15.6 Å². The van der Waals surface area contributed by atoms with Gasteiger partial charge in [0.05, 0.1) is 7.11 Å². The minimum Gasteiger partial charge on any atom is -0.497 e. The Hall–Kier alpha value is -3.81. The summed E-state index contributed by atoms with van der Waals surface area (Å²) in [7, 11) is 3.48. The van der Waals surface area contributed by atoms with E-state index in [0.717, 1.165) is 16.8 Å². The van der Waals surface area contributed by atoms with Crippen LogP contribution in [0.1, 0.15) is 29.4 Å².